The van der Waals surface area contributed by atoms with Gasteiger partial charge in [-0.1, -0.05) is 62.4 Å². The summed E-state index contributed by atoms with van der Waals surface area (Å²) in [7, 11) is 0. The van der Waals surface area contributed by atoms with Crippen LogP contribution in [0.25, 0.3) is 0 Å². The number of hydrogen-bond acceptors (Lipinski definition) is 3. The van der Waals surface area contributed by atoms with Crippen molar-refractivity contribution in [2.24, 2.45) is 5.10 Å². The molecule has 4 heteroatoms. The van der Waals surface area contributed by atoms with Crippen molar-refractivity contribution in [2.45, 2.75) is 32.4 Å². The van der Waals surface area contributed by atoms with Crippen LogP contribution in [0.5, 0.6) is 0 Å². The quantitative estimate of drug-likeness (QED) is 0.595. The van der Waals surface area contributed by atoms with E-state index < -0.39 is 0 Å². The Bertz CT molecular complexity index is 693. The first-order valence-corrected chi connectivity index (χ1v) is 9.26. The Balaban J connectivity index is 1.73. The van der Waals surface area contributed by atoms with Gasteiger partial charge in [-0.05, 0) is 35.1 Å². The molecule has 2 rings (SSSR count). The average Bonchev–Trinajstić information content (AvgIpc) is 2.57. The van der Waals surface area contributed by atoms with E-state index in [0.29, 0.717) is 11.7 Å². The first-order valence-electron chi connectivity index (χ1n) is 8.10. The third kappa shape index (κ3) is 5.85. The number of aryl methyl sites for hydroxylation is 1. The van der Waals surface area contributed by atoms with Crippen molar-refractivity contribution in [2.75, 3.05) is 5.75 Å². The molecule has 0 unspecified atom stereocenters. The van der Waals surface area contributed by atoms with Gasteiger partial charge in [0, 0.05) is 5.75 Å². The maximum atomic E-state index is 11.8. The first-order chi connectivity index (χ1) is 11.6. The van der Waals surface area contributed by atoms with Crippen molar-refractivity contribution in [3.63, 3.8) is 0 Å². The number of nitrogens with one attached hydrogen (secondary N) is 1. The summed E-state index contributed by atoms with van der Waals surface area (Å²) in [5, 5.41) is 4.02. The zero-order valence-electron chi connectivity index (χ0n) is 14.5. The summed E-state index contributed by atoms with van der Waals surface area (Å²) in [6.45, 7) is 6.42. The van der Waals surface area contributed by atoms with Crippen LogP contribution in [0.15, 0.2) is 53.6 Å². The van der Waals surface area contributed by atoms with Gasteiger partial charge in [0.2, 0.25) is 5.91 Å². The van der Waals surface area contributed by atoms with E-state index in [2.05, 4.69) is 55.6 Å². The Morgan fingerprint density at radius 3 is 2.54 bits per heavy atom. The molecule has 0 fully saturated rings. The number of nitrogens with zero attached hydrogens (tertiary/aromatic N) is 1. The SMILES string of the molecule is Cc1ccccc1CSCC(=O)N/N=C/c1ccc(C(C)C)cc1. The highest BCUT2D eigenvalue weighted by molar-refractivity contribution is 7.99. The Kier molecular flexibility index (Phi) is 7.07. The fraction of sp³-hybridized carbons (Fsp3) is 0.300. The predicted octanol–water partition coefficient (Wildman–Crippen LogP) is 4.50. The van der Waals surface area contributed by atoms with Gasteiger partial charge in [0.05, 0.1) is 12.0 Å². The van der Waals surface area contributed by atoms with E-state index in [1.807, 2.05) is 24.3 Å². The molecule has 0 heterocycles. The molecule has 0 aliphatic carbocycles. The summed E-state index contributed by atoms with van der Waals surface area (Å²) < 4.78 is 0. The van der Waals surface area contributed by atoms with Crippen LogP contribution in [0, 0.1) is 6.92 Å². The number of amides is 1. The normalized spacial score (nSPS) is 11.2. The molecule has 24 heavy (non-hydrogen) atoms. The predicted molar refractivity (Wildman–Crippen MR) is 104 cm³/mol. The highest BCUT2D eigenvalue weighted by Crippen LogP contribution is 2.15. The lowest BCUT2D eigenvalue weighted by atomic mass is 10.0. The molecule has 2 aromatic carbocycles. The van der Waals surface area contributed by atoms with E-state index in [0.717, 1.165) is 11.3 Å². The smallest absolute Gasteiger partial charge is 0.250 e. The number of hydrazone groups is 1. The van der Waals surface area contributed by atoms with E-state index in [-0.39, 0.29) is 5.91 Å². The summed E-state index contributed by atoms with van der Waals surface area (Å²) in [5.41, 5.74) is 7.38. The molecular formula is C20H24N2OS. The van der Waals surface area contributed by atoms with Gasteiger partial charge in [-0.2, -0.15) is 5.10 Å². The molecule has 0 spiro atoms. The van der Waals surface area contributed by atoms with Crippen LogP contribution in [0.2, 0.25) is 0 Å². The zero-order valence-corrected chi connectivity index (χ0v) is 15.3. The third-order valence-electron chi connectivity index (χ3n) is 3.76. The second kappa shape index (κ2) is 9.28. The molecular weight excluding hydrogens is 316 g/mol. The van der Waals surface area contributed by atoms with Crippen LogP contribution in [-0.2, 0) is 10.5 Å². The number of carbonyl (C=O) groups is 1. The number of benzene rings is 2. The minimum atomic E-state index is -0.0800. The maximum Gasteiger partial charge on any atom is 0.250 e. The van der Waals surface area contributed by atoms with Gasteiger partial charge in [-0.25, -0.2) is 5.43 Å². The molecule has 126 valence electrons. The lowest BCUT2D eigenvalue weighted by Gasteiger charge is -2.05. The standard InChI is InChI=1S/C20H24N2OS/c1-15(2)18-10-8-17(9-11-18)12-21-22-20(23)14-24-13-19-7-5-4-6-16(19)3/h4-12,15H,13-14H2,1-3H3,(H,22,23)/b21-12+. The zero-order chi connectivity index (χ0) is 17.4. The van der Waals surface area contributed by atoms with Crippen molar-refractivity contribution < 1.29 is 4.79 Å². The highest BCUT2D eigenvalue weighted by atomic mass is 32.2. The molecule has 0 saturated carbocycles. The molecule has 0 aromatic heterocycles. The van der Waals surface area contributed by atoms with Crippen molar-refractivity contribution in [1.82, 2.24) is 5.43 Å². The monoisotopic (exact) mass is 340 g/mol. The maximum absolute atomic E-state index is 11.8. The van der Waals surface area contributed by atoms with Gasteiger partial charge in [0.25, 0.3) is 0 Å². The van der Waals surface area contributed by atoms with Gasteiger partial charge < -0.3 is 0 Å². The van der Waals surface area contributed by atoms with E-state index in [1.54, 1.807) is 18.0 Å². The number of carbonyl (C=O) groups excluding carboxylic acids is 1. The van der Waals surface area contributed by atoms with Crippen LogP contribution >= 0.6 is 11.8 Å². The largest absolute Gasteiger partial charge is 0.272 e. The molecule has 0 saturated heterocycles. The lowest BCUT2D eigenvalue weighted by molar-refractivity contribution is -0.118. The van der Waals surface area contributed by atoms with Crippen molar-refractivity contribution in [1.29, 1.82) is 0 Å². The van der Waals surface area contributed by atoms with Gasteiger partial charge in [-0.3, -0.25) is 4.79 Å². The summed E-state index contributed by atoms with van der Waals surface area (Å²) in [5.74, 6) is 1.67. The fourth-order valence-corrected chi connectivity index (χ4v) is 3.10. The molecule has 1 amide bonds. The molecule has 0 radical (unpaired) electrons. The third-order valence-corrected chi connectivity index (χ3v) is 4.74. The minimum Gasteiger partial charge on any atom is -0.272 e. The molecule has 0 bridgehead atoms. The van der Waals surface area contributed by atoms with Crippen LogP contribution in [0.1, 0.15) is 42.0 Å². The molecule has 0 aliphatic heterocycles. The number of rotatable bonds is 7. The average molecular weight is 340 g/mol. The van der Waals surface area contributed by atoms with Gasteiger partial charge in [0.15, 0.2) is 0 Å². The van der Waals surface area contributed by atoms with Crippen LogP contribution in [0.4, 0.5) is 0 Å². The summed E-state index contributed by atoms with van der Waals surface area (Å²) in [6, 6.07) is 16.4. The Hall–Kier alpha value is -2.07. The minimum absolute atomic E-state index is 0.0800. The Morgan fingerprint density at radius 1 is 1.17 bits per heavy atom. The second-order valence-electron chi connectivity index (χ2n) is 6.03. The van der Waals surface area contributed by atoms with Crippen molar-refractivity contribution >= 4 is 23.9 Å². The van der Waals surface area contributed by atoms with E-state index in [9.17, 15) is 4.79 Å². The summed E-state index contributed by atoms with van der Waals surface area (Å²) in [6.07, 6.45) is 1.67. The topological polar surface area (TPSA) is 41.5 Å². The van der Waals surface area contributed by atoms with Gasteiger partial charge >= 0.3 is 0 Å². The number of hydrogen-bond donors (Lipinski definition) is 1. The molecule has 2 aromatic rings. The van der Waals surface area contributed by atoms with Crippen LogP contribution < -0.4 is 5.43 Å². The Morgan fingerprint density at radius 2 is 1.88 bits per heavy atom. The lowest BCUT2D eigenvalue weighted by Crippen LogP contribution is -2.19. The molecule has 1 N–H and O–H groups in total. The van der Waals surface area contributed by atoms with Crippen LogP contribution in [-0.4, -0.2) is 17.9 Å². The second-order valence-corrected chi connectivity index (χ2v) is 7.02. The van der Waals surface area contributed by atoms with Crippen LogP contribution in [0.3, 0.4) is 0 Å². The van der Waals surface area contributed by atoms with Crippen molar-refractivity contribution in [3.05, 3.63) is 70.8 Å². The van der Waals surface area contributed by atoms with E-state index in [1.165, 1.54) is 16.7 Å². The van der Waals surface area contributed by atoms with Gasteiger partial charge in [-0.15, -0.1) is 11.8 Å². The Labute approximate surface area is 148 Å². The van der Waals surface area contributed by atoms with Gasteiger partial charge in [0.1, 0.15) is 0 Å². The molecule has 3 nitrogen and oxygen atoms in total. The van der Waals surface area contributed by atoms with E-state index in [4.69, 9.17) is 0 Å². The van der Waals surface area contributed by atoms with E-state index >= 15 is 0 Å². The number of thioether (sulfide) groups is 1. The first kappa shape index (κ1) is 18.3. The molecule has 0 aliphatic rings. The highest BCUT2D eigenvalue weighted by Gasteiger charge is 2.02. The fourth-order valence-electron chi connectivity index (χ4n) is 2.20. The van der Waals surface area contributed by atoms with Crippen molar-refractivity contribution in [3.8, 4) is 0 Å². The summed E-state index contributed by atoms with van der Waals surface area (Å²) >= 11 is 1.59. The molecule has 0 atom stereocenters. The summed E-state index contributed by atoms with van der Waals surface area (Å²) in [4.78, 5) is 11.8.